The molecule has 1 aromatic rings. The predicted molar refractivity (Wildman–Crippen MR) is 67.4 cm³/mol. The van der Waals surface area contributed by atoms with Gasteiger partial charge in [0.25, 0.3) is 5.91 Å². The van der Waals surface area contributed by atoms with Crippen LogP contribution in [0.4, 0.5) is 0 Å². The first-order valence-corrected chi connectivity index (χ1v) is 6.04. The van der Waals surface area contributed by atoms with E-state index in [-0.39, 0.29) is 5.91 Å². The summed E-state index contributed by atoms with van der Waals surface area (Å²) >= 11 is 0. The number of ether oxygens (including phenoxy) is 1. The molecule has 0 aliphatic carbocycles. The van der Waals surface area contributed by atoms with Crippen molar-refractivity contribution in [2.24, 2.45) is 0 Å². The van der Waals surface area contributed by atoms with E-state index >= 15 is 0 Å². The molecule has 3 nitrogen and oxygen atoms in total. The van der Waals surface area contributed by atoms with Gasteiger partial charge in [-0.3, -0.25) is 4.79 Å². The number of hydrogen-bond donors (Lipinski definition) is 0. The number of amides is 1. The number of carbonyl (C=O) groups is 1. The average Bonchev–Trinajstić information content (AvgIpc) is 2.28. The fraction of sp³-hybridized carbons (Fsp3) is 0.500. The number of aryl methyl sites for hydroxylation is 3. The van der Waals surface area contributed by atoms with Gasteiger partial charge in [0.05, 0.1) is 13.2 Å². The van der Waals surface area contributed by atoms with Crippen LogP contribution in [0.3, 0.4) is 0 Å². The van der Waals surface area contributed by atoms with Crippen molar-refractivity contribution in [1.82, 2.24) is 4.90 Å². The van der Waals surface area contributed by atoms with Crippen molar-refractivity contribution in [3.63, 3.8) is 0 Å². The highest BCUT2D eigenvalue weighted by atomic mass is 16.5. The normalized spacial score (nSPS) is 16.1. The minimum absolute atomic E-state index is 0.142. The van der Waals surface area contributed by atoms with E-state index in [0.717, 1.165) is 16.7 Å². The van der Waals surface area contributed by atoms with Crippen molar-refractivity contribution in [3.05, 3.63) is 34.4 Å². The second-order valence-corrected chi connectivity index (χ2v) is 4.68. The third-order valence-electron chi connectivity index (χ3n) is 3.19. The third-order valence-corrected chi connectivity index (χ3v) is 3.19. The Balaban J connectivity index is 2.30. The molecule has 1 saturated heterocycles. The van der Waals surface area contributed by atoms with Crippen LogP contribution in [0.25, 0.3) is 0 Å². The monoisotopic (exact) mass is 233 g/mol. The molecule has 0 spiro atoms. The molecular weight excluding hydrogens is 214 g/mol. The third kappa shape index (κ3) is 2.50. The molecule has 1 aliphatic rings. The fourth-order valence-electron chi connectivity index (χ4n) is 2.44. The Kier molecular flexibility index (Phi) is 3.48. The van der Waals surface area contributed by atoms with E-state index < -0.39 is 0 Å². The first kappa shape index (κ1) is 12.1. The highest BCUT2D eigenvalue weighted by Crippen LogP contribution is 2.19. The molecule has 0 saturated carbocycles. The summed E-state index contributed by atoms with van der Waals surface area (Å²) < 4.78 is 5.27. The molecule has 1 heterocycles. The van der Waals surface area contributed by atoms with Crippen LogP contribution in [-0.2, 0) is 4.74 Å². The second kappa shape index (κ2) is 4.88. The van der Waals surface area contributed by atoms with Crippen LogP contribution < -0.4 is 0 Å². The summed E-state index contributed by atoms with van der Waals surface area (Å²) in [6.07, 6.45) is 0. The van der Waals surface area contributed by atoms with E-state index in [1.807, 2.05) is 18.7 Å². The standard InChI is InChI=1S/C14H19NO2/c1-10-8-11(2)13(12(3)9-10)14(16)15-4-6-17-7-5-15/h8-9H,4-7H2,1-3H3. The van der Waals surface area contributed by atoms with Crippen LogP contribution in [0.1, 0.15) is 27.0 Å². The molecule has 1 aliphatic heterocycles. The minimum Gasteiger partial charge on any atom is -0.378 e. The molecular formula is C14H19NO2. The molecule has 1 aromatic carbocycles. The van der Waals surface area contributed by atoms with Crippen molar-refractivity contribution in [3.8, 4) is 0 Å². The summed E-state index contributed by atoms with van der Waals surface area (Å²) in [6.45, 7) is 8.77. The molecule has 1 amide bonds. The maximum Gasteiger partial charge on any atom is 0.254 e. The van der Waals surface area contributed by atoms with Gasteiger partial charge in [0.1, 0.15) is 0 Å². The van der Waals surface area contributed by atoms with Crippen LogP contribution in [0.2, 0.25) is 0 Å². The lowest BCUT2D eigenvalue weighted by atomic mass is 9.98. The number of nitrogens with zero attached hydrogens (tertiary/aromatic N) is 1. The van der Waals surface area contributed by atoms with Gasteiger partial charge in [-0.15, -0.1) is 0 Å². The molecule has 17 heavy (non-hydrogen) atoms. The lowest BCUT2D eigenvalue weighted by Gasteiger charge is -2.28. The zero-order chi connectivity index (χ0) is 12.4. The van der Waals surface area contributed by atoms with Crippen molar-refractivity contribution in [2.45, 2.75) is 20.8 Å². The van der Waals surface area contributed by atoms with E-state index in [2.05, 4.69) is 19.1 Å². The molecule has 0 atom stereocenters. The largest absolute Gasteiger partial charge is 0.378 e. The van der Waals surface area contributed by atoms with Gasteiger partial charge in [-0.05, 0) is 31.9 Å². The summed E-state index contributed by atoms with van der Waals surface area (Å²) in [6, 6.07) is 4.14. The fourth-order valence-corrected chi connectivity index (χ4v) is 2.44. The van der Waals surface area contributed by atoms with Crippen molar-refractivity contribution in [2.75, 3.05) is 26.3 Å². The molecule has 0 bridgehead atoms. The Hall–Kier alpha value is -1.35. The summed E-state index contributed by atoms with van der Waals surface area (Å²) in [4.78, 5) is 14.3. The maximum atomic E-state index is 12.4. The van der Waals surface area contributed by atoms with Gasteiger partial charge < -0.3 is 9.64 Å². The Morgan fingerprint density at radius 2 is 1.65 bits per heavy atom. The molecule has 0 N–H and O–H groups in total. The molecule has 0 radical (unpaired) electrons. The predicted octanol–water partition coefficient (Wildman–Crippen LogP) is 2.08. The molecule has 0 unspecified atom stereocenters. The maximum absolute atomic E-state index is 12.4. The summed E-state index contributed by atoms with van der Waals surface area (Å²) in [5.74, 6) is 0.142. The Morgan fingerprint density at radius 3 is 2.18 bits per heavy atom. The topological polar surface area (TPSA) is 29.5 Å². The van der Waals surface area contributed by atoms with Crippen LogP contribution in [-0.4, -0.2) is 37.1 Å². The van der Waals surface area contributed by atoms with Crippen LogP contribution >= 0.6 is 0 Å². The van der Waals surface area contributed by atoms with Gasteiger partial charge in [-0.25, -0.2) is 0 Å². The van der Waals surface area contributed by atoms with E-state index in [9.17, 15) is 4.79 Å². The summed E-state index contributed by atoms with van der Waals surface area (Å²) in [5, 5.41) is 0. The van der Waals surface area contributed by atoms with Gasteiger partial charge in [-0.2, -0.15) is 0 Å². The van der Waals surface area contributed by atoms with Crippen molar-refractivity contribution < 1.29 is 9.53 Å². The van der Waals surface area contributed by atoms with Crippen LogP contribution in [0.15, 0.2) is 12.1 Å². The van der Waals surface area contributed by atoms with E-state index in [1.54, 1.807) is 0 Å². The lowest BCUT2D eigenvalue weighted by molar-refractivity contribution is 0.0302. The zero-order valence-corrected chi connectivity index (χ0v) is 10.7. The van der Waals surface area contributed by atoms with Gasteiger partial charge >= 0.3 is 0 Å². The molecule has 92 valence electrons. The Morgan fingerprint density at radius 1 is 1.12 bits per heavy atom. The van der Waals surface area contributed by atoms with Crippen LogP contribution in [0.5, 0.6) is 0 Å². The lowest BCUT2D eigenvalue weighted by Crippen LogP contribution is -2.41. The smallest absolute Gasteiger partial charge is 0.254 e. The first-order chi connectivity index (χ1) is 8.09. The zero-order valence-electron chi connectivity index (χ0n) is 10.7. The molecule has 3 heteroatoms. The number of rotatable bonds is 1. The van der Waals surface area contributed by atoms with Gasteiger partial charge in [0.15, 0.2) is 0 Å². The SMILES string of the molecule is Cc1cc(C)c(C(=O)N2CCOCC2)c(C)c1. The van der Waals surface area contributed by atoms with Crippen molar-refractivity contribution >= 4 is 5.91 Å². The number of benzene rings is 1. The van der Waals surface area contributed by atoms with E-state index in [1.165, 1.54) is 5.56 Å². The first-order valence-electron chi connectivity index (χ1n) is 6.04. The van der Waals surface area contributed by atoms with E-state index in [0.29, 0.717) is 26.3 Å². The molecule has 2 rings (SSSR count). The Labute approximate surface area is 102 Å². The van der Waals surface area contributed by atoms with Gasteiger partial charge in [-0.1, -0.05) is 17.7 Å². The summed E-state index contributed by atoms with van der Waals surface area (Å²) in [7, 11) is 0. The number of morpholine rings is 1. The average molecular weight is 233 g/mol. The van der Waals surface area contributed by atoms with Crippen molar-refractivity contribution in [1.29, 1.82) is 0 Å². The molecule has 0 aromatic heterocycles. The Bertz CT molecular complexity index is 411. The second-order valence-electron chi connectivity index (χ2n) is 4.68. The van der Waals surface area contributed by atoms with Crippen LogP contribution in [0, 0.1) is 20.8 Å². The molecule has 1 fully saturated rings. The van der Waals surface area contributed by atoms with E-state index in [4.69, 9.17) is 4.74 Å². The summed E-state index contributed by atoms with van der Waals surface area (Å²) in [5.41, 5.74) is 4.20. The minimum atomic E-state index is 0.142. The number of hydrogen-bond acceptors (Lipinski definition) is 2. The highest BCUT2D eigenvalue weighted by molar-refractivity contribution is 5.97. The van der Waals surface area contributed by atoms with Gasteiger partial charge in [0.2, 0.25) is 0 Å². The quantitative estimate of drug-likeness (QED) is 0.743. The highest BCUT2D eigenvalue weighted by Gasteiger charge is 2.21. The van der Waals surface area contributed by atoms with Gasteiger partial charge in [0, 0.05) is 18.7 Å². The number of carbonyl (C=O) groups excluding carboxylic acids is 1.